The number of benzene rings is 1. The summed E-state index contributed by atoms with van der Waals surface area (Å²) in [7, 11) is 0. The SMILES string of the molecule is CSc1nc(C2CC2)cc(C(=O)OCC(=O)N(CCC(N)=O)c2ccc(F)cc2)c1C#N. The molecule has 32 heavy (non-hydrogen) atoms. The number of thioether (sulfide) groups is 1. The minimum Gasteiger partial charge on any atom is -0.452 e. The lowest BCUT2D eigenvalue weighted by Crippen LogP contribution is -2.37. The molecule has 0 bridgehead atoms. The van der Waals surface area contributed by atoms with Gasteiger partial charge in [-0.25, -0.2) is 14.2 Å². The van der Waals surface area contributed by atoms with Gasteiger partial charge in [0.25, 0.3) is 5.91 Å². The number of ether oxygens (including phenoxy) is 1. The van der Waals surface area contributed by atoms with Crippen molar-refractivity contribution in [3.63, 3.8) is 0 Å². The highest BCUT2D eigenvalue weighted by Crippen LogP contribution is 2.40. The van der Waals surface area contributed by atoms with E-state index >= 15 is 0 Å². The van der Waals surface area contributed by atoms with E-state index in [1.54, 1.807) is 12.3 Å². The number of nitrogens with zero attached hydrogens (tertiary/aromatic N) is 3. The van der Waals surface area contributed by atoms with Gasteiger partial charge in [0, 0.05) is 30.3 Å². The lowest BCUT2D eigenvalue weighted by atomic mass is 10.1. The summed E-state index contributed by atoms with van der Waals surface area (Å²) in [5.41, 5.74) is 6.40. The highest BCUT2D eigenvalue weighted by atomic mass is 32.2. The molecule has 2 amide bonds. The fourth-order valence-corrected chi connectivity index (χ4v) is 3.63. The van der Waals surface area contributed by atoms with Crippen molar-refractivity contribution in [3.05, 3.63) is 53.0 Å². The highest BCUT2D eigenvalue weighted by Gasteiger charge is 2.29. The van der Waals surface area contributed by atoms with Crippen molar-refractivity contribution in [3.8, 4) is 6.07 Å². The maximum absolute atomic E-state index is 13.3. The van der Waals surface area contributed by atoms with Gasteiger partial charge in [-0.3, -0.25) is 9.59 Å². The molecule has 2 aromatic rings. The molecule has 10 heteroatoms. The Labute approximate surface area is 188 Å². The van der Waals surface area contributed by atoms with Gasteiger partial charge in [-0.1, -0.05) is 0 Å². The second-order valence-electron chi connectivity index (χ2n) is 7.18. The molecule has 1 aromatic heterocycles. The Morgan fingerprint density at radius 1 is 1.31 bits per heavy atom. The fraction of sp³-hybridized carbons (Fsp3) is 0.318. The number of pyridine rings is 1. The van der Waals surface area contributed by atoms with E-state index in [9.17, 15) is 24.0 Å². The topological polar surface area (TPSA) is 126 Å². The Balaban J connectivity index is 1.78. The smallest absolute Gasteiger partial charge is 0.340 e. The fourth-order valence-electron chi connectivity index (χ4n) is 3.07. The third-order valence-corrected chi connectivity index (χ3v) is 5.56. The molecule has 1 aromatic carbocycles. The molecular weight excluding hydrogens is 435 g/mol. The summed E-state index contributed by atoms with van der Waals surface area (Å²) in [6.07, 6.45) is 3.57. The van der Waals surface area contributed by atoms with Crippen molar-refractivity contribution in [2.75, 3.05) is 24.3 Å². The monoisotopic (exact) mass is 456 g/mol. The predicted octanol–water partition coefficient (Wildman–Crippen LogP) is 2.76. The summed E-state index contributed by atoms with van der Waals surface area (Å²) in [6.45, 7) is -0.686. The lowest BCUT2D eigenvalue weighted by molar-refractivity contribution is -0.121. The minimum absolute atomic E-state index is 0.0570. The van der Waals surface area contributed by atoms with Crippen LogP contribution in [0.25, 0.3) is 0 Å². The van der Waals surface area contributed by atoms with E-state index in [0.29, 0.717) is 10.7 Å². The van der Waals surface area contributed by atoms with Gasteiger partial charge in [0.15, 0.2) is 6.61 Å². The molecule has 1 fully saturated rings. The zero-order valence-electron chi connectivity index (χ0n) is 17.3. The Morgan fingerprint density at radius 2 is 2.00 bits per heavy atom. The molecule has 0 saturated heterocycles. The number of anilines is 1. The maximum Gasteiger partial charge on any atom is 0.340 e. The van der Waals surface area contributed by atoms with Gasteiger partial charge in [0.1, 0.15) is 16.9 Å². The van der Waals surface area contributed by atoms with Gasteiger partial charge in [-0.15, -0.1) is 11.8 Å². The number of carbonyl (C=O) groups is 3. The molecule has 0 spiro atoms. The first-order chi connectivity index (χ1) is 15.3. The first-order valence-electron chi connectivity index (χ1n) is 9.84. The van der Waals surface area contributed by atoms with Crippen LogP contribution < -0.4 is 10.6 Å². The average molecular weight is 456 g/mol. The quantitative estimate of drug-likeness (QED) is 0.454. The van der Waals surface area contributed by atoms with E-state index in [-0.39, 0.29) is 30.0 Å². The number of halogens is 1. The zero-order chi connectivity index (χ0) is 23.3. The Morgan fingerprint density at radius 3 is 2.56 bits per heavy atom. The van der Waals surface area contributed by atoms with Crippen molar-refractivity contribution >= 4 is 35.2 Å². The third kappa shape index (κ3) is 5.62. The minimum atomic E-state index is -0.816. The summed E-state index contributed by atoms with van der Waals surface area (Å²) in [4.78, 5) is 42.4. The molecule has 8 nitrogen and oxygen atoms in total. The van der Waals surface area contributed by atoms with Gasteiger partial charge in [0.2, 0.25) is 5.91 Å². The van der Waals surface area contributed by atoms with E-state index in [4.69, 9.17) is 10.5 Å². The van der Waals surface area contributed by atoms with Gasteiger partial charge < -0.3 is 15.4 Å². The number of esters is 1. The molecule has 1 aliphatic carbocycles. The van der Waals surface area contributed by atoms with Crippen LogP contribution in [0.15, 0.2) is 35.4 Å². The van der Waals surface area contributed by atoms with Crippen LogP contribution in [0.5, 0.6) is 0 Å². The summed E-state index contributed by atoms with van der Waals surface area (Å²) < 4.78 is 18.5. The van der Waals surface area contributed by atoms with Gasteiger partial charge in [0.05, 0.1) is 11.1 Å². The molecule has 166 valence electrons. The van der Waals surface area contributed by atoms with E-state index in [0.717, 1.165) is 18.5 Å². The largest absolute Gasteiger partial charge is 0.452 e. The Bertz CT molecular complexity index is 1080. The first kappa shape index (κ1) is 23.2. The van der Waals surface area contributed by atoms with Crippen molar-refractivity contribution < 1.29 is 23.5 Å². The number of aromatic nitrogens is 1. The number of nitriles is 1. The van der Waals surface area contributed by atoms with Gasteiger partial charge in [-0.05, 0) is 49.4 Å². The first-order valence-corrected chi connectivity index (χ1v) is 11.1. The number of hydrogen-bond acceptors (Lipinski definition) is 7. The summed E-state index contributed by atoms with van der Waals surface area (Å²) in [5, 5.41) is 9.96. The number of carbonyl (C=O) groups excluding carboxylic acids is 3. The molecule has 0 radical (unpaired) electrons. The van der Waals surface area contributed by atoms with Gasteiger partial charge >= 0.3 is 5.97 Å². The standard InChI is InChI=1S/C22H21FN4O4S/c1-32-21-17(11-24)16(10-18(26-21)13-2-3-13)22(30)31-12-20(29)27(9-8-19(25)28)15-6-4-14(23)5-7-15/h4-7,10,13H,2-3,8-9,12H2,1H3,(H2,25,28). The normalized spacial score (nSPS) is 12.7. The number of hydrogen-bond donors (Lipinski definition) is 1. The van der Waals surface area contributed by atoms with E-state index in [1.807, 2.05) is 6.07 Å². The van der Waals surface area contributed by atoms with Crippen molar-refractivity contribution in [2.24, 2.45) is 5.73 Å². The molecule has 2 N–H and O–H groups in total. The van der Waals surface area contributed by atoms with E-state index in [1.165, 1.54) is 40.9 Å². The summed E-state index contributed by atoms with van der Waals surface area (Å²) in [5.74, 6) is -2.28. The molecule has 0 unspecified atom stereocenters. The second kappa shape index (κ2) is 10.2. The van der Waals surface area contributed by atoms with Crippen molar-refractivity contribution in [1.29, 1.82) is 5.26 Å². The third-order valence-electron chi connectivity index (χ3n) is 4.87. The van der Waals surface area contributed by atoms with Gasteiger partial charge in [-0.2, -0.15) is 5.26 Å². The Kier molecular flexibility index (Phi) is 7.43. The van der Waals surface area contributed by atoms with E-state index < -0.39 is 30.2 Å². The number of nitrogens with two attached hydrogens (primary N) is 1. The van der Waals surface area contributed by atoms with Crippen LogP contribution in [0.2, 0.25) is 0 Å². The van der Waals surface area contributed by atoms with Crippen LogP contribution in [0.1, 0.15) is 46.8 Å². The van der Waals surface area contributed by atoms with Crippen LogP contribution in [0.3, 0.4) is 0 Å². The predicted molar refractivity (Wildman–Crippen MR) is 116 cm³/mol. The zero-order valence-corrected chi connectivity index (χ0v) is 18.2. The molecule has 0 atom stereocenters. The Hall–Kier alpha value is -3.45. The number of primary amides is 1. The van der Waals surface area contributed by atoms with Crippen molar-refractivity contribution in [1.82, 2.24) is 4.98 Å². The van der Waals surface area contributed by atoms with Crippen LogP contribution >= 0.6 is 11.8 Å². The van der Waals surface area contributed by atoms with Crippen LogP contribution in [0, 0.1) is 17.1 Å². The number of amides is 2. The molecular formula is C22H21FN4O4S. The van der Waals surface area contributed by atoms with Crippen LogP contribution in [-0.2, 0) is 14.3 Å². The average Bonchev–Trinajstić information content (AvgIpc) is 3.63. The highest BCUT2D eigenvalue weighted by molar-refractivity contribution is 7.98. The van der Waals surface area contributed by atoms with E-state index in [2.05, 4.69) is 4.98 Å². The second-order valence-corrected chi connectivity index (χ2v) is 7.97. The summed E-state index contributed by atoms with van der Waals surface area (Å²) >= 11 is 1.26. The van der Waals surface area contributed by atoms with Crippen LogP contribution in [0.4, 0.5) is 10.1 Å². The molecule has 1 aliphatic rings. The maximum atomic E-state index is 13.3. The molecule has 3 rings (SSSR count). The number of rotatable bonds is 9. The summed E-state index contributed by atoms with van der Waals surface area (Å²) in [6, 6.07) is 8.63. The molecule has 0 aliphatic heterocycles. The molecule has 1 saturated carbocycles. The van der Waals surface area contributed by atoms with Crippen LogP contribution in [-0.4, -0.2) is 42.2 Å². The lowest BCUT2D eigenvalue weighted by Gasteiger charge is -2.22. The van der Waals surface area contributed by atoms with Crippen molar-refractivity contribution in [2.45, 2.75) is 30.2 Å². The molecule has 1 heterocycles.